The first-order valence-electron chi connectivity index (χ1n) is 8.25. The van der Waals surface area contributed by atoms with Crippen molar-refractivity contribution in [3.63, 3.8) is 0 Å². The van der Waals surface area contributed by atoms with E-state index in [-0.39, 0.29) is 18.2 Å². The molecule has 5 heteroatoms. The molecule has 0 radical (unpaired) electrons. The standard InChI is InChI=1S/C20H24N2O3/c1-22(2)20(25)17(13-15-9-5-3-6-10-15)21-19(24)14-18(23)16-11-7-4-8-12-16/h3-12,17-18,23H,13-14H2,1-2H3,(H,21,24). The summed E-state index contributed by atoms with van der Waals surface area (Å²) in [6, 6.07) is 17.9. The predicted octanol–water partition coefficient (Wildman–Crippen LogP) is 1.93. The Balaban J connectivity index is 2.02. The molecular weight excluding hydrogens is 316 g/mol. The van der Waals surface area contributed by atoms with Crippen LogP contribution in [0.1, 0.15) is 23.7 Å². The molecule has 2 aromatic rings. The Hall–Kier alpha value is -2.66. The second-order valence-electron chi connectivity index (χ2n) is 6.17. The van der Waals surface area contributed by atoms with Crippen LogP contribution in [-0.2, 0) is 16.0 Å². The van der Waals surface area contributed by atoms with Crippen LogP contribution in [0.3, 0.4) is 0 Å². The van der Waals surface area contributed by atoms with E-state index in [9.17, 15) is 14.7 Å². The van der Waals surface area contributed by atoms with Gasteiger partial charge in [0.1, 0.15) is 6.04 Å². The Morgan fingerprint density at radius 3 is 2.12 bits per heavy atom. The third kappa shape index (κ3) is 5.72. The summed E-state index contributed by atoms with van der Waals surface area (Å²) in [7, 11) is 3.32. The topological polar surface area (TPSA) is 69.6 Å². The maximum atomic E-state index is 12.4. The summed E-state index contributed by atoms with van der Waals surface area (Å²) < 4.78 is 0. The van der Waals surface area contributed by atoms with E-state index in [4.69, 9.17) is 0 Å². The van der Waals surface area contributed by atoms with E-state index in [1.165, 1.54) is 4.90 Å². The number of amides is 2. The molecule has 5 nitrogen and oxygen atoms in total. The van der Waals surface area contributed by atoms with Crippen molar-refractivity contribution in [2.24, 2.45) is 0 Å². The number of likely N-dealkylation sites (N-methyl/N-ethyl adjacent to an activating group) is 1. The van der Waals surface area contributed by atoms with Crippen molar-refractivity contribution in [2.75, 3.05) is 14.1 Å². The zero-order chi connectivity index (χ0) is 18.2. The largest absolute Gasteiger partial charge is 0.388 e. The Bertz CT molecular complexity index is 687. The molecule has 0 aliphatic carbocycles. The lowest BCUT2D eigenvalue weighted by Gasteiger charge is -2.22. The second-order valence-corrected chi connectivity index (χ2v) is 6.17. The van der Waals surface area contributed by atoms with Gasteiger partial charge in [0.25, 0.3) is 0 Å². The van der Waals surface area contributed by atoms with Gasteiger partial charge >= 0.3 is 0 Å². The number of carbonyl (C=O) groups excluding carboxylic acids is 2. The molecule has 2 atom stereocenters. The highest BCUT2D eigenvalue weighted by atomic mass is 16.3. The highest BCUT2D eigenvalue weighted by Crippen LogP contribution is 2.16. The van der Waals surface area contributed by atoms with E-state index in [0.29, 0.717) is 12.0 Å². The van der Waals surface area contributed by atoms with Crippen molar-refractivity contribution in [3.8, 4) is 0 Å². The fraction of sp³-hybridized carbons (Fsp3) is 0.300. The van der Waals surface area contributed by atoms with Gasteiger partial charge < -0.3 is 15.3 Å². The second kappa shape index (κ2) is 8.99. The molecule has 0 aromatic heterocycles. The first-order chi connectivity index (χ1) is 12.0. The summed E-state index contributed by atoms with van der Waals surface area (Å²) in [4.78, 5) is 26.2. The molecule has 132 valence electrons. The van der Waals surface area contributed by atoms with E-state index in [1.54, 1.807) is 26.2 Å². The molecule has 0 aliphatic heterocycles. The summed E-state index contributed by atoms with van der Waals surface area (Å²) >= 11 is 0. The molecule has 0 spiro atoms. The van der Waals surface area contributed by atoms with Crippen molar-refractivity contribution in [1.29, 1.82) is 0 Å². The Labute approximate surface area is 148 Å². The third-order valence-electron chi connectivity index (χ3n) is 3.92. The van der Waals surface area contributed by atoms with Gasteiger partial charge in [0.05, 0.1) is 12.5 Å². The maximum Gasteiger partial charge on any atom is 0.244 e. The molecule has 0 saturated carbocycles. The average Bonchev–Trinajstić information content (AvgIpc) is 2.62. The lowest BCUT2D eigenvalue weighted by atomic mass is 10.0. The quantitative estimate of drug-likeness (QED) is 0.809. The number of nitrogens with one attached hydrogen (secondary N) is 1. The summed E-state index contributed by atoms with van der Waals surface area (Å²) in [5.74, 6) is -0.529. The van der Waals surface area contributed by atoms with Gasteiger partial charge in [-0.15, -0.1) is 0 Å². The molecule has 2 N–H and O–H groups in total. The Kier molecular flexibility index (Phi) is 6.71. The number of aliphatic hydroxyl groups is 1. The van der Waals surface area contributed by atoms with Crippen molar-refractivity contribution >= 4 is 11.8 Å². The van der Waals surface area contributed by atoms with Gasteiger partial charge in [-0.05, 0) is 11.1 Å². The minimum atomic E-state index is -0.895. The van der Waals surface area contributed by atoms with Gasteiger partial charge in [0.2, 0.25) is 11.8 Å². The highest BCUT2D eigenvalue weighted by Gasteiger charge is 2.24. The molecule has 2 aromatic carbocycles. The molecule has 0 aliphatic rings. The average molecular weight is 340 g/mol. The van der Waals surface area contributed by atoms with Gasteiger partial charge in [0, 0.05) is 20.5 Å². The molecule has 0 fully saturated rings. The fourth-order valence-electron chi connectivity index (χ4n) is 2.58. The van der Waals surface area contributed by atoms with E-state index in [0.717, 1.165) is 5.56 Å². The molecule has 0 bridgehead atoms. The lowest BCUT2D eigenvalue weighted by molar-refractivity contribution is -0.135. The molecule has 2 rings (SSSR count). The van der Waals surface area contributed by atoms with Gasteiger partial charge in [0.15, 0.2) is 0 Å². The third-order valence-corrected chi connectivity index (χ3v) is 3.92. The van der Waals surface area contributed by atoms with Crippen LogP contribution >= 0.6 is 0 Å². The normalized spacial score (nSPS) is 12.9. The summed E-state index contributed by atoms with van der Waals surface area (Å²) in [5.41, 5.74) is 1.64. The van der Waals surface area contributed by atoms with Crippen LogP contribution in [0.25, 0.3) is 0 Å². The first-order valence-corrected chi connectivity index (χ1v) is 8.25. The molecule has 2 unspecified atom stereocenters. The summed E-state index contributed by atoms with van der Waals surface area (Å²) in [6.07, 6.45) is -0.575. The summed E-state index contributed by atoms with van der Waals surface area (Å²) in [6.45, 7) is 0. The molecular formula is C20H24N2O3. The molecule has 0 heterocycles. The van der Waals surface area contributed by atoms with Crippen molar-refractivity contribution < 1.29 is 14.7 Å². The van der Waals surface area contributed by atoms with Crippen LogP contribution in [0.15, 0.2) is 60.7 Å². The predicted molar refractivity (Wildman–Crippen MR) is 96.8 cm³/mol. The number of nitrogens with zero attached hydrogens (tertiary/aromatic N) is 1. The van der Waals surface area contributed by atoms with Crippen LogP contribution < -0.4 is 5.32 Å². The SMILES string of the molecule is CN(C)C(=O)C(Cc1ccccc1)NC(=O)CC(O)c1ccccc1. The van der Waals surface area contributed by atoms with Crippen LogP contribution in [0.4, 0.5) is 0 Å². The van der Waals surface area contributed by atoms with Crippen LogP contribution in [0.5, 0.6) is 0 Å². The molecule has 0 saturated heterocycles. The van der Waals surface area contributed by atoms with Gasteiger partial charge in [-0.1, -0.05) is 60.7 Å². The zero-order valence-electron chi connectivity index (χ0n) is 14.6. The first kappa shape index (κ1) is 18.7. The number of carbonyl (C=O) groups is 2. The fourth-order valence-corrected chi connectivity index (χ4v) is 2.58. The number of hydrogen-bond acceptors (Lipinski definition) is 3. The molecule has 25 heavy (non-hydrogen) atoms. The number of rotatable bonds is 7. The van der Waals surface area contributed by atoms with E-state index < -0.39 is 12.1 Å². The van der Waals surface area contributed by atoms with Crippen LogP contribution in [-0.4, -0.2) is 42.0 Å². The Morgan fingerprint density at radius 2 is 1.56 bits per heavy atom. The van der Waals surface area contributed by atoms with Crippen LogP contribution in [0.2, 0.25) is 0 Å². The minimum absolute atomic E-state index is 0.0873. The maximum absolute atomic E-state index is 12.4. The smallest absolute Gasteiger partial charge is 0.244 e. The van der Waals surface area contributed by atoms with Gasteiger partial charge in [-0.2, -0.15) is 0 Å². The van der Waals surface area contributed by atoms with Crippen molar-refractivity contribution in [2.45, 2.75) is 25.0 Å². The van der Waals surface area contributed by atoms with E-state index in [1.807, 2.05) is 48.5 Å². The van der Waals surface area contributed by atoms with E-state index in [2.05, 4.69) is 5.32 Å². The Morgan fingerprint density at radius 1 is 1.00 bits per heavy atom. The van der Waals surface area contributed by atoms with Crippen molar-refractivity contribution in [1.82, 2.24) is 10.2 Å². The molecule has 2 amide bonds. The van der Waals surface area contributed by atoms with Crippen molar-refractivity contribution in [3.05, 3.63) is 71.8 Å². The number of benzene rings is 2. The van der Waals surface area contributed by atoms with Crippen LogP contribution in [0, 0.1) is 0 Å². The zero-order valence-corrected chi connectivity index (χ0v) is 14.6. The number of hydrogen-bond donors (Lipinski definition) is 2. The minimum Gasteiger partial charge on any atom is -0.388 e. The highest BCUT2D eigenvalue weighted by molar-refractivity contribution is 5.87. The monoisotopic (exact) mass is 340 g/mol. The van der Waals surface area contributed by atoms with E-state index >= 15 is 0 Å². The summed E-state index contributed by atoms with van der Waals surface area (Å²) in [5, 5.41) is 12.9. The van der Waals surface area contributed by atoms with Gasteiger partial charge in [-0.3, -0.25) is 9.59 Å². The lowest BCUT2D eigenvalue weighted by Crippen LogP contribution is -2.47. The van der Waals surface area contributed by atoms with Gasteiger partial charge in [-0.25, -0.2) is 0 Å². The number of aliphatic hydroxyl groups excluding tert-OH is 1.